The van der Waals surface area contributed by atoms with E-state index in [-0.39, 0.29) is 12.1 Å². The first-order chi connectivity index (χ1) is 7.87. The first kappa shape index (κ1) is 12.4. The molecule has 4 heteroatoms. The van der Waals surface area contributed by atoms with Crippen LogP contribution in [0.15, 0.2) is 0 Å². The fourth-order valence-electron chi connectivity index (χ4n) is 2.80. The van der Waals surface area contributed by atoms with E-state index >= 15 is 0 Å². The standard InChI is InChI=1S/C13H21NO3/c1-13(2,3)17-12(16)14-7-6-9-8-10(15)4-5-11(9)14/h9,11H,4-8H2,1-3H3/t9-,11-/m1/s1. The minimum absolute atomic E-state index is 0.223. The van der Waals surface area contributed by atoms with Crippen molar-refractivity contribution in [2.24, 2.45) is 5.92 Å². The van der Waals surface area contributed by atoms with E-state index in [9.17, 15) is 9.59 Å². The fraction of sp³-hybridized carbons (Fsp3) is 0.846. The number of fused-ring (bicyclic) bond motifs is 1. The van der Waals surface area contributed by atoms with Crippen LogP contribution in [0.1, 0.15) is 46.5 Å². The van der Waals surface area contributed by atoms with Gasteiger partial charge in [0.25, 0.3) is 0 Å². The second-order valence-corrected chi connectivity index (χ2v) is 6.07. The van der Waals surface area contributed by atoms with Crippen LogP contribution in [0.4, 0.5) is 4.79 Å². The van der Waals surface area contributed by atoms with E-state index in [4.69, 9.17) is 4.74 Å². The molecule has 1 aliphatic heterocycles. The Morgan fingerprint density at radius 1 is 1.35 bits per heavy atom. The van der Waals surface area contributed by atoms with Crippen LogP contribution < -0.4 is 0 Å². The van der Waals surface area contributed by atoms with Crippen molar-refractivity contribution in [2.45, 2.75) is 58.1 Å². The molecule has 96 valence electrons. The average Bonchev–Trinajstić information content (AvgIpc) is 2.57. The van der Waals surface area contributed by atoms with Gasteiger partial charge in [-0.05, 0) is 39.5 Å². The molecule has 1 saturated heterocycles. The molecule has 0 aromatic carbocycles. The molecule has 0 unspecified atom stereocenters. The lowest BCUT2D eigenvalue weighted by Gasteiger charge is -2.32. The summed E-state index contributed by atoms with van der Waals surface area (Å²) in [6.45, 7) is 6.37. The van der Waals surface area contributed by atoms with Crippen molar-refractivity contribution < 1.29 is 14.3 Å². The van der Waals surface area contributed by atoms with E-state index in [1.54, 1.807) is 0 Å². The van der Waals surface area contributed by atoms with Crippen LogP contribution in [0.3, 0.4) is 0 Å². The predicted molar refractivity (Wildman–Crippen MR) is 63.7 cm³/mol. The van der Waals surface area contributed by atoms with Crippen LogP contribution in [0, 0.1) is 5.92 Å². The van der Waals surface area contributed by atoms with E-state index in [1.807, 2.05) is 25.7 Å². The average molecular weight is 239 g/mol. The monoisotopic (exact) mass is 239 g/mol. The Bertz CT molecular complexity index is 332. The maximum atomic E-state index is 12.0. The summed E-state index contributed by atoms with van der Waals surface area (Å²) in [4.78, 5) is 25.2. The Hall–Kier alpha value is -1.06. The lowest BCUT2D eigenvalue weighted by Crippen LogP contribution is -2.43. The molecule has 2 atom stereocenters. The Balaban J connectivity index is 1.99. The van der Waals surface area contributed by atoms with Crippen LogP contribution in [0.2, 0.25) is 0 Å². The van der Waals surface area contributed by atoms with Crippen molar-refractivity contribution in [3.8, 4) is 0 Å². The highest BCUT2D eigenvalue weighted by atomic mass is 16.6. The summed E-state index contributed by atoms with van der Waals surface area (Å²) in [5.41, 5.74) is -0.445. The van der Waals surface area contributed by atoms with Gasteiger partial charge in [-0.1, -0.05) is 0 Å². The third-order valence-electron chi connectivity index (χ3n) is 3.52. The van der Waals surface area contributed by atoms with Gasteiger partial charge in [-0.2, -0.15) is 0 Å². The number of amides is 1. The van der Waals surface area contributed by atoms with Crippen molar-refractivity contribution in [3.63, 3.8) is 0 Å². The first-order valence-electron chi connectivity index (χ1n) is 6.38. The zero-order chi connectivity index (χ0) is 12.6. The zero-order valence-corrected chi connectivity index (χ0v) is 10.9. The minimum Gasteiger partial charge on any atom is -0.444 e. The summed E-state index contributed by atoms with van der Waals surface area (Å²) in [6.07, 6.45) is 2.78. The third-order valence-corrected chi connectivity index (χ3v) is 3.52. The molecule has 1 amide bonds. The van der Waals surface area contributed by atoms with Crippen LogP contribution in [0.25, 0.3) is 0 Å². The Kier molecular flexibility index (Phi) is 3.15. The molecule has 0 aromatic rings. The lowest BCUT2D eigenvalue weighted by atomic mass is 9.84. The van der Waals surface area contributed by atoms with E-state index in [0.29, 0.717) is 24.5 Å². The van der Waals surface area contributed by atoms with Gasteiger partial charge in [0.2, 0.25) is 0 Å². The number of rotatable bonds is 0. The van der Waals surface area contributed by atoms with Gasteiger partial charge in [-0.25, -0.2) is 4.79 Å². The number of ketones is 1. The summed E-state index contributed by atoms with van der Waals surface area (Å²) in [5, 5.41) is 0. The van der Waals surface area contributed by atoms with Gasteiger partial charge in [0, 0.05) is 25.4 Å². The summed E-state index contributed by atoms with van der Waals surface area (Å²) >= 11 is 0. The van der Waals surface area contributed by atoms with Gasteiger partial charge in [-0.15, -0.1) is 0 Å². The third kappa shape index (κ3) is 2.79. The number of hydrogen-bond donors (Lipinski definition) is 0. The molecular weight excluding hydrogens is 218 g/mol. The number of hydrogen-bond acceptors (Lipinski definition) is 3. The molecule has 2 aliphatic rings. The van der Waals surface area contributed by atoms with Crippen molar-refractivity contribution in [1.29, 1.82) is 0 Å². The second-order valence-electron chi connectivity index (χ2n) is 6.07. The van der Waals surface area contributed by atoms with E-state index in [0.717, 1.165) is 19.4 Å². The number of ether oxygens (including phenoxy) is 1. The minimum atomic E-state index is -0.445. The Labute approximate surface area is 102 Å². The molecule has 2 fully saturated rings. The number of Topliss-reactive ketones (excluding diaryl/α,β-unsaturated/α-hetero) is 1. The smallest absolute Gasteiger partial charge is 0.410 e. The predicted octanol–water partition coefficient (Wildman–Crippen LogP) is 2.37. The number of carbonyl (C=O) groups excluding carboxylic acids is 2. The van der Waals surface area contributed by atoms with E-state index < -0.39 is 5.60 Å². The Morgan fingerprint density at radius 3 is 2.71 bits per heavy atom. The molecule has 0 aromatic heterocycles. The molecule has 0 N–H and O–H groups in total. The van der Waals surface area contributed by atoms with Gasteiger partial charge >= 0.3 is 6.09 Å². The molecule has 4 nitrogen and oxygen atoms in total. The SMILES string of the molecule is CC(C)(C)OC(=O)N1CC[C@@H]2CC(=O)CC[C@H]21. The summed E-state index contributed by atoms with van der Waals surface area (Å²) in [6, 6.07) is 0.225. The highest BCUT2D eigenvalue weighted by molar-refractivity contribution is 5.80. The molecular formula is C13H21NO3. The molecule has 1 saturated carbocycles. The molecule has 2 rings (SSSR count). The van der Waals surface area contributed by atoms with E-state index in [2.05, 4.69) is 0 Å². The highest BCUT2D eigenvalue weighted by Crippen LogP contribution is 2.35. The second kappa shape index (κ2) is 4.31. The maximum Gasteiger partial charge on any atom is 0.410 e. The molecule has 1 heterocycles. The topological polar surface area (TPSA) is 46.6 Å². The van der Waals surface area contributed by atoms with Crippen molar-refractivity contribution in [2.75, 3.05) is 6.54 Å². The van der Waals surface area contributed by atoms with Gasteiger partial charge in [0.1, 0.15) is 11.4 Å². The van der Waals surface area contributed by atoms with Crippen LogP contribution in [0.5, 0.6) is 0 Å². The van der Waals surface area contributed by atoms with Gasteiger partial charge in [0.15, 0.2) is 0 Å². The van der Waals surface area contributed by atoms with Crippen LogP contribution in [-0.4, -0.2) is 35.0 Å². The zero-order valence-electron chi connectivity index (χ0n) is 10.9. The molecule has 0 bridgehead atoms. The van der Waals surface area contributed by atoms with Crippen LogP contribution >= 0.6 is 0 Å². The van der Waals surface area contributed by atoms with E-state index in [1.165, 1.54) is 0 Å². The van der Waals surface area contributed by atoms with Crippen LogP contribution in [-0.2, 0) is 9.53 Å². The molecule has 17 heavy (non-hydrogen) atoms. The molecule has 1 aliphatic carbocycles. The number of likely N-dealkylation sites (tertiary alicyclic amines) is 1. The van der Waals surface area contributed by atoms with Crippen molar-refractivity contribution in [3.05, 3.63) is 0 Å². The maximum absolute atomic E-state index is 12.0. The lowest BCUT2D eigenvalue weighted by molar-refractivity contribution is -0.122. The summed E-state index contributed by atoms with van der Waals surface area (Å²) in [7, 11) is 0. The van der Waals surface area contributed by atoms with Gasteiger partial charge in [-0.3, -0.25) is 4.79 Å². The Morgan fingerprint density at radius 2 is 2.06 bits per heavy atom. The summed E-state index contributed by atoms with van der Waals surface area (Å²) < 4.78 is 5.40. The first-order valence-corrected chi connectivity index (χ1v) is 6.38. The van der Waals surface area contributed by atoms with Gasteiger partial charge in [0.05, 0.1) is 0 Å². The number of carbonyl (C=O) groups is 2. The fourth-order valence-corrected chi connectivity index (χ4v) is 2.80. The highest BCUT2D eigenvalue weighted by Gasteiger charge is 2.41. The van der Waals surface area contributed by atoms with Crippen molar-refractivity contribution in [1.82, 2.24) is 4.90 Å². The summed E-state index contributed by atoms with van der Waals surface area (Å²) in [5.74, 6) is 0.709. The molecule has 0 spiro atoms. The normalized spacial score (nSPS) is 29.1. The largest absolute Gasteiger partial charge is 0.444 e. The number of nitrogens with zero attached hydrogens (tertiary/aromatic N) is 1. The van der Waals surface area contributed by atoms with Crippen molar-refractivity contribution >= 4 is 11.9 Å². The van der Waals surface area contributed by atoms with Gasteiger partial charge < -0.3 is 9.64 Å². The molecule has 0 radical (unpaired) electrons. The quantitative estimate of drug-likeness (QED) is 0.652.